The summed E-state index contributed by atoms with van der Waals surface area (Å²) in [5.41, 5.74) is 7.47. The normalized spacial score (nSPS) is 10.0. The highest BCUT2D eigenvalue weighted by Gasteiger charge is 2.09. The van der Waals surface area contributed by atoms with Crippen LogP contribution in [0, 0.1) is 0 Å². The molecule has 0 aromatic heterocycles. The predicted molar refractivity (Wildman–Crippen MR) is 79.5 cm³/mol. The molecule has 0 aliphatic carbocycles. The van der Waals surface area contributed by atoms with Gasteiger partial charge < -0.3 is 15.8 Å². The van der Waals surface area contributed by atoms with Gasteiger partial charge in [-0.25, -0.2) is 0 Å². The maximum atomic E-state index is 12.1. The quantitative estimate of drug-likeness (QED) is 0.853. The molecule has 5 heteroatoms. The number of methoxy groups -OCH3 is 1. The first kappa shape index (κ1) is 13.4. The second-order valence-electron chi connectivity index (χ2n) is 3.93. The zero-order valence-electron chi connectivity index (χ0n) is 10.3. The zero-order valence-corrected chi connectivity index (χ0v) is 11.9. The van der Waals surface area contributed by atoms with E-state index >= 15 is 0 Å². The smallest absolute Gasteiger partial charge is 0.255 e. The molecule has 2 aromatic rings. The van der Waals surface area contributed by atoms with Crippen molar-refractivity contribution in [1.82, 2.24) is 0 Å². The average Bonchev–Trinajstić information content (AvgIpc) is 2.38. The summed E-state index contributed by atoms with van der Waals surface area (Å²) in [4.78, 5) is 12.1. The Hall–Kier alpha value is -2.01. The second-order valence-corrected chi connectivity index (χ2v) is 4.78. The number of nitrogen functional groups attached to an aromatic ring is 1. The lowest BCUT2D eigenvalue weighted by Crippen LogP contribution is -2.12. The summed E-state index contributed by atoms with van der Waals surface area (Å²) in [6, 6.07) is 12.2. The van der Waals surface area contributed by atoms with E-state index in [1.807, 2.05) is 0 Å². The lowest BCUT2D eigenvalue weighted by atomic mass is 10.2. The van der Waals surface area contributed by atoms with Crippen LogP contribution in [-0.2, 0) is 0 Å². The first-order valence-electron chi connectivity index (χ1n) is 5.60. The van der Waals surface area contributed by atoms with Crippen LogP contribution < -0.4 is 15.8 Å². The van der Waals surface area contributed by atoms with Crippen LogP contribution in [0.2, 0.25) is 0 Å². The Morgan fingerprint density at radius 1 is 1.26 bits per heavy atom. The van der Waals surface area contributed by atoms with Gasteiger partial charge in [0, 0.05) is 16.9 Å². The maximum absolute atomic E-state index is 12.1. The van der Waals surface area contributed by atoms with Crippen molar-refractivity contribution in [2.75, 3.05) is 18.2 Å². The fourth-order valence-electron chi connectivity index (χ4n) is 1.63. The van der Waals surface area contributed by atoms with E-state index in [1.54, 1.807) is 49.6 Å². The Morgan fingerprint density at radius 3 is 2.68 bits per heavy atom. The zero-order chi connectivity index (χ0) is 13.8. The summed E-state index contributed by atoms with van der Waals surface area (Å²) >= 11 is 3.35. The Kier molecular flexibility index (Phi) is 4.06. The largest absolute Gasteiger partial charge is 0.496 e. The Balaban J connectivity index is 2.18. The molecule has 2 rings (SSSR count). The van der Waals surface area contributed by atoms with Crippen molar-refractivity contribution in [1.29, 1.82) is 0 Å². The van der Waals surface area contributed by atoms with Gasteiger partial charge in [0.1, 0.15) is 5.75 Å². The Labute approximate surface area is 119 Å². The minimum atomic E-state index is -0.200. The monoisotopic (exact) mass is 320 g/mol. The summed E-state index contributed by atoms with van der Waals surface area (Å²) < 4.78 is 5.85. The SMILES string of the molecule is COc1ccc(C(=O)Nc2cccc(N)c2)cc1Br. The first-order valence-corrected chi connectivity index (χ1v) is 6.40. The van der Waals surface area contributed by atoms with E-state index < -0.39 is 0 Å². The Morgan fingerprint density at radius 2 is 2.05 bits per heavy atom. The van der Waals surface area contributed by atoms with Crippen molar-refractivity contribution >= 4 is 33.2 Å². The van der Waals surface area contributed by atoms with E-state index in [0.29, 0.717) is 22.7 Å². The van der Waals surface area contributed by atoms with E-state index in [0.717, 1.165) is 4.47 Å². The molecule has 19 heavy (non-hydrogen) atoms. The molecule has 3 N–H and O–H groups in total. The highest BCUT2D eigenvalue weighted by atomic mass is 79.9. The topological polar surface area (TPSA) is 64.3 Å². The van der Waals surface area contributed by atoms with Gasteiger partial charge in [-0.05, 0) is 52.3 Å². The molecule has 1 amide bonds. The van der Waals surface area contributed by atoms with Crippen LogP contribution in [0.3, 0.4) is 0 Å². The molecule has 2 aromatic carbocycles. The van der Waals surface area contributed by atoms with Crippen LogP contribution in [0.5, 0.6) is 5.75 Å². The van der Waals surface area contributed by atoms with E-state index in [-0.39, 0.29) is 5.91 Å². The van der Waals surface area contributed by atoms with Gasteiger partial charge >= 0.3 is 0 Å². The molecule has 0 aliphatic rings. The van der Waals surface area contributed by atoms with E-state index in [9.17, 15) is 4.79 Å². The standard InChI is InChI=1S/C14H13BrN2O2/c1-19-13-6-5-9(7-12(13)15)14(18)17-11-4-2-3-10(16)8-11/h2-8H,16H2,1H3,(H,17,18). The summed E-state index contributed by atoms with van der Waals surface area (Å²) in [5.74, 6) is 0.481. The molecule has 0 saturated carbocycles. The van der Waals surface area contributed by atoms with Crippen LogP contribution in [0.1, 0.15) is 10.4 Å². The number of rotatable bonds is 3. The lowest BCUT2D eigenvalue weighted by molar-refractivity contribution is 0.102. The van der Waals surface area contributed by atoms with Crippen molar-refractivity contribution in [2.24, 2.45) is 0 Å². The summed E-state index contributed by atoms with van der Waals surface area (Å²) in [6.07, 6.45) is 0. The number of nitrogens with two attached hydrogens (primary N) is 1. The predicted octanol–water partition coefficient (Wildman–Crippen LogP) is 3.29. The molecule has 98 valence electrons. The molecule has 0 unspecified atom stereocenters. The molecule has 4 nitrogen and oxygen atoms in total. The summed E-state index contributed by atoms with van der Waals surface area (Å²) in [6.45, 7) is 0. The highest BCUT2D eigenvalue weighted by Crippen LogP contribution is 2.26. The number of benzene rings is 2. The average molecular weight is 321 g/mol. The second kappa shape index (κ2) is 5.75. The van der Waals surface area contributed by atoms with Gasteiger partial charge in [0.2, 0.25) is 0 Å². The lowest BCUT2D eigenvalue weighted by Gasteiger charge is -2.08. The number of halogens is 1. The Bertz CT molecular complexity index is 614. The van der Waals surface area contributed by atoms with Gasteiger partial charge in [0.25, 0.3) is 5.91 Å². The third kappa shape index (κ3) is 3.26. The molecule has 0 fully saturated rings. The molecule has 0 atom stereocenters. The van der Waals surface area contributed by atoms with Crippen molar-refractivity contribution < 1.29 is 9.53 Å². The van der Waals surface area contributed by atoms with Gasteiger partial charge in [0.05, 0.1) is 11.6 Å². The summed E-state index contributed by atoms with van der Waals surface area (Å²) in [5, 5.41) is 2.78. The number of hydrogen-bond donors (Lipinski definition) is 2. The van der Waals surface area contributed by atoms with E-state index in [4.69, 9.17) is 10.5 Å². The molecule has 0 heterocycles. The third-order valence-corrected chi connectivity index (χ3v) is 3.18. The molecule has 0 saturated heterocycles. The molecule has 0 aliphatic heterocycles. The summed E-state index contributed by atoms with van der Waals surface area (Å²) in [7, 11) is 1.58. The number of amides is 1. The van der Waals surface area contributed by atoms with Crippen LogP contribution in [-0.4, -0.2) is 13.0 Å². The molecular formula is C14H13BrN2O2. The van der Waals surface area contributed by atoms with Crippen LogP contribution in [0.15, 0.2) is 46.9 Å². The van der Waals surface area contributed by atoms with Crippen LogP contribution >= 0.6 is 15.9 Å². The van der Waals surface area contributed by atoms with Crippen LogP contribution in [0.4, 0.5) is 11.4 Å². The van der Waals surface area contributed by atoms with Crippen LogP contribution in [0.25, 0.3) is 0 Å². The van der Waals surface area contributed by atoms with Gasteiger partial charge in [-0.2, -0.15) is 0 Å². The third-order valence-electron chi connectivity index (χ3n) is 2.56. The molecule has 0 bridgehead atoms. The number of anilines is 2. The highest BCUT2D eigenvalue weighted by molar-refractivity contribution is 9.10. The van der Waals surface area contributed by atoms with Crippen molar-refractivity contribution in [2.45, 2.75) is 0 Å². The number of carbonyl (C=O) groups excluding carboxylic acids is 1. The first-order chi connectivity index (χ1) is 9.10. The van der Waals surface area contributed by atoms with Crippen molar-refractivity contribution in [3.05, 3.63) is 52.5 Å². The van der Waals surface area contributed by atoms with Crippen molar-refractivity contribution in [3.8, 4) is 5.75 Å². The molecular weight excluding hydrogens is 308 g/mol. The maximum Gasteiger partial charge on any atom is 0.255 e. The van der Waals surface area contributed by atoms with Gasteiger partial charge in [-0.1, -0.05) is 6.07 Å². The van der Waals surface area contributed by atoms with E-state index in [1.165, 1.54) is 0 Å². The fourth-order valence-corrected chi connectivity index (χ4v) is 2.17. The molecule has 0 spiro atoms. The van der Waals surface area contributed by atoms with Gasteiger partial charge in [-0.3, -0.25) is 4.79 Å². The minimum absolute atomic E-state index is 0.200. The fraction of sp³-hybridized carbons (Fsp3) is 0.0714. The minimum Gasteiger partial charge on any atom is -0.496 e. The van der Waals surface area contributed by atoms with Gasteiger partial charge in [0.15, 0.2) is 0 Å². The molecule has 0 radical (unpaired) electrons. The number of hydrogen-bond acceptors (Lipinski definition) is 3. The number of ether oxygens (including phenoxy) is 1. The number of carbonyl (C=O) groups is 1. The van der Waals surface area contributed by atoms with E-state index in [2.05, 4.69) is 21.2 Å². The van der Waals surface area contributed by atoms with Crippen molar-refractivity contribution in [3.63, 3.8) is 0 Å². The number of nitrogens with one attached hydrogen (secondary N) is 1. The van der Waals surface area contributed by atoms with Gasteiger partial charge in [-0.15, -0.1) is 0 Å².